The first kappa shape index (κ1) is 18.3. The minimum atomic E-state index is -0.297. The van der Waals surface area contributed by atoms with Crippen molar-refractivity contribution < 1.29 is 9.59 Å². The van der Waals surface area contributed by atoms with Crippen LogP contribution in [-0.2, 0) is 16.0 Å². The van der Waals surface area contributed by atoms with Crippen LogP contribution in [0.25, 0.3) is 0 Å². The van der Waals surface area contributed by atoms with Crippen molar-refractivity contribution in [1.82, 2.24) is 4.90 Å². The Hall–Kier alpha value is -2.04. The number of aryl methyl sites for hydroxylation is 1. The molecule has 2 amide bonds. The number of halogens is 2. The number of carbonyl (C=O) groups is 2. The zero-order valence-corrected chi connectivity index (χ0v) is 15.0. The van der Waals surface area contributed by atoms with Gasteiger partial charge in [-0.1, -0.05) is 47.5 Å². The fourth-order valence-corrected chi connectivity index (χ4v) is 2.48. The molecule has 0 saturated heterocycles. The first-order chi connectivity index (χ1) is 11.4. The molecular weight excluding hydrogens is 347 g/mol. The summed E-state index contributed by atoms with van der Waals surface area (Å²) < 4.78 is 0. The summed E-state index contributed by atoms with van der Waals surface area (Å²) in [5.74, 6) is -0.414. The molecule has 0 aliphatic carbocycles. The standard InChI is InChI=1S/C18H18Cl2N2O2/c1-12-5-3-4-6-13(12)9-18(24)22(2)11-17(23)21-14-7-8-15(19)16(20)10-14/h3-8,10H,9,11H2,1-2H3,(H,21,23). The van der Waals surface area contributed by atoms with Gasteiger partial charge in [0.05, 0.1) is 23.0 Å². The van der Waals surface area contributed by atoms with Crippen LogP contribution >= 0.6 is 23.2 Å². The summed E-state index contributed by atoms with van der Waals surface area (Å²) in [7, 11) is 1.61. The molecule has 0 spiro atoms. The molecule has 0 unspecified atom stereocenters. The van der Waals surface area contributed by atoms with Crippen molar-refractivity contribution in [2.45, 2.75) is 13.3 Å². The maximum absolute atomic E-state index is 12.3. The fraction of sp³-hybridized carbons (Fsp3) is 0.222. The minimum absolute atomic E-state index is 0.0367. The van der Waals surface area contributed by atoms with Crippen LogP contribution in [0, 0.1) is 6.92 Å². The van der Waals surface area contributed by atoms with Gasteiger partial charge in [-0.15, -0.1) is 0 Å². The van der Waals surface area contributed by atoms with Crippen LogP contribution in [-0.4, -0.2) is 30.3 Å². The van der Waals surface area contributed by atoms with Crippen LogP contribution in [0.4, 0.5) is 5.69 Å². The highest BCUT2D eigenvalue weighted by molar-refractivity contribution is 6.42. The van der Waals surface area contributed by atoms with E-state index in [0.717, 1.165) is 11.1 Å². The average Bonchev–Trinajstić information content (AvgIpc) is 2.53. The number of hydrogen-bond donors (Lipinski definition) is 1. The third-order valence-corrected chi connectivity index (χ3v) is 4.35. The Morgan fingerprint density at radius 1 is 1.08 bits per heavy atom. The van der Waals surface area contributed by atoms with E-state index in [1.54, 1.807) is 25.2 Å². The topological polar surface area (TPSA) is 49.4 Å². The summed E-state index contributed by atoms with van der Waals surface area (Å²) >= 11 is 11.7. The fourth-order valence-electron chi connectivity index (χ4n) is 2.18. The molecule has 0 fully saturated rings. The van der Waals surface area contributed by atoms with E-state index < -0.39 is 0 Å². The van der Waals surface area contributed by atoms with E-state index in [9.17, 15) is 9.59 Å². The number of carbonyl (C=O) groups excluding carboxylic acids is 2. The summed E-state index contributed by atoms with van der Waals surface area (Å²) in [6, 6.07) is 12.5. The number of nitrogens with zero attached hydrogens (tertiary/aromatic N) is 1. The predicted octanol–water partition coefficient (Wildman–Crippen LogP) is 3.94. The number of anilines is 1. The lowest BCUT2D eigenvalue weighted by Crippen LogP contribution is -2.35. The first-order valence-electron chi connectivity index (χ1n) is 7.40. The van der Waals surface area contributed by atoms with Crippen molar-refractivity contribution in [3.63, 3.8) is 0 Å². The lowest BCUT2D eigenvalue weighted by molar-refractivity contribution is -0.132. The largest absolute Gasteiger partial charge is 0.336 e. The molecule has 0 aliphatic heterocycles. The summed E-state index contributed by atoms with van der Waals surface area (Å²) in [6.45, 7) is 1.92. The van der Waals surface area contributed by atoms with E-state index >= 15 is 0 Å². The zero-order valence-electron chi connectivity index (χ0n) is 13.5. The average molecular weight is 365 g/mol. The van der Waals surface area contributed by atoms with Crippen LogP contribution in [0.3, 0.4) is 0 Å². The normalized spacial score (nSPS) is 10.3. The van der Waals surface area contributed by atoms with E-state index in [2.05, 4.69) is 5.32 Å². The quantitative estimate of drug-likeness (QED) is 0.873. The molecule has 1 N–H and O–H groups in total. The number of benzene rings is 2. The monoisotopic (exact) mass is 364 g/mol. The SMILES string of the molecule is Cc1ccccc1CC(=O)N(C)CC(=O)Nc1ccc(Cl)c(Cl)c1. The van der Waals surface area contributed by atoms with Gasteiger partial charge in [0, 0.05) is 12.7 Å². The van der Waals surface area contributed by atoms with Crippen LogP contribution in [0.15, 0.2) is 42.5 Å². The number of rotatable bonds is 5. The molecule has 0 heterocycles. The van der Waals surface area contributed by atoms with E-state index in [1.807, 2.05) is 31.2 Å². The number of nitrogens with one attached hydrogen (secondary N) is 1. The van der Waals surface area contributed by atoms with Gasteiger partial charge in [0.15, 0.2) is 0 Å². The molecular formula is C18H18Cl2N2O2. The van der Waals surface area contributed by atoms with Crippen molar-refractivity contribution >= 4 is 40.7 Å². The molecule has 6 heteroatoms. The first-order valence-corrected chi connectivity index (χ1v) is 8.16. The number of likely N-dealkylation sites (N-methyl/N-ethyl adjacent to an activating group) is 1. The van der Waals surface area contributed by atoms with Crippen LogP contribution in [0.5, 0.6) is 0 Å². The van der Waals surface area contributed by atoms with E-state index in [4.69, 9.17) is 23.2 Å². The zero-order chi connectivity index (χ0) is 17.7. The minimum Gasteiger partial charge on any atom is -0.336 e. The molecule has 2 aromatic carbocycles. The third kappa shape index (κ3) is 4.98. The maximum Gasteiger partial charge on any atom is 0.243 e. The summed E-state index contributed by atoms with van der Waals surface area (Å²) in [6.07, 6.45) is 0.267. The van der Waals surface area contributed by atoms with Crippen molar-refractivity contribution in [3.8, 4) is 0 Å². The molecule has 0 saturated carbocycles. The van der Waals surface area contributed by atoms with Gasteiger partial charge in [-0.05, 0) is 36.2 Å². The Bertz CT molecular complexity index is 762. The van der Waals surface area contributed by atoms with E-state index in [-0.39, 0.29) is 24.8 Å². The van der Waals surface area contributed by atoms with Crippen molar-refractivity contribution in [3.05, 3.63) is 63.6 Å². The van der Waals surface area contributed by atoms with Crippen LogP contribution in [0.2, 0.25) is 10.0 Å². The number of amides is 2. The van der Waals surface area contributed by atoms with Gasteiger partial charge in [0.2, 0.25) is 11.8 Å². The van der Waals surface area contributed by atoms with Gasteiger partial charge in [0.25, 0.3) is 0 Å². The van der Waals surface area contributed by atoms with Crippen molar-refractivity contribution in [2.24, 2.45) is 0 Å². The van der Waals surface area contributed by atoms with Crippen molar-refractivity contribution in [2.75, 3.05) is 18.9 Å². The van der Waals surface area contributed by atoms with Gasteiger partial charge in [0.1, 0.15) is 0 Å². The molecule has 4 nitrogen and oxygen atoms in total. The Balaban J connectivity index is 1.92. The van der Waals surface area contributed by atoms with E-state index in [0.29, 0.717) is 15.7 Å². The Kier molecular flexibility index (Phi) is 6.23. The van der Waals surface area contributed by atoms with Gasteiger partial charge < -0.3 is 10.2 Å². The molecule has 126 valence electrons. The number of hydrogen-bond acceptors (Lipinski definition) is 2. The van der Waals surface area contributed by atoms with Crippen LogP contribution in [0.1, 0.15) is 11.1 Å². The Labute approximate surface area is 151 Å². The molecule has 0 atom stereocenters. The molecule has 24 heavy (non-hydrogen) atoms. The Morgan fingerprint density at radius 3 is 2.46 bits per heavy atom. The van der Waals surface area contributed by atoms with Crippen molar-refractivity contribution in [1.29, 1.82) is 0 Å². The van der Waals surface area contributed by atoms with Gasteiger partial charge >= 0.3 is 0 Å². The highest BCUT2D eigenvalue weighted by atomic mass is 35.5. The van der Waals surface area contributed by atoms with Crippen LogP contribution < -0.4 is 5.32 Å². The summed E-state index contributed by atoms with van der Waals surface area (Å²) in [5.41, 5.74) is 2.55. The second kappa shape index (κ2) is 8.18. The maximum atomic E-state index is 12.3. The molecule has 2 rings (SSSR count). The van der Waals surface area contributed by atoms with Gasteiger partial charge in [-0.2, -0.15) is 0 Å². The summed E-state index contributed by atoms with van der Waals surface area (Å²) in [5, 5.41) is 3.47. The molecule has 0 aromatic heterocycles. The predicted molar refractivity (Wildman–Crippen MR) is 97.6 cm³/mol. The second-order valence-electron chi connectivity index (χ2n) is 5.53. The molecule has 2 aromatic rings. The molecule has 0 radical (unpaired) electrons. The highest BCUT2D eigenvalue weighted by Gasteiger charge is 2.14. The lowest BCUT2D eigenvalue weighted by Gasteiger charge is -2.17. The van der Waals surface area contributed by atoms with E-state index in [1.165, 1.54) is 4.90 Å². The molecule has 0 bridgehead atoms. The highest BCUT2D eigenvalue weighted by Crippen LogP contribution is 2.24. The second-order valence-corrected chi connectivity index (χ2v) is 6.34. The van der Waals surface area contributed by atoms with Gasteiger partial charge in [-0.25, -0.2) is 0 Å². The third-order valence-electron chi connectivity index (χ3n) is 3.61. The summed E-state index contributed by atoms with van der Waals surface area (Å²) in [4.78, 5) is 25.7. The smallest absolute Gasteiger partial charge is 0.243 e. The lowest BCUT2D eigenvalue weighted by atomic mass is 10.1. The Morgan fingerprint density at radius 2 is 1.79 bits per heavy atom. The molecule has 0 aliphatic rings. The van der Waals surface area contributed by atoms with Gasteiger partial charge in [-0.3, -0.25) is 9.59 Å².